The number of esters is 1. The van der Waals surface area contributed by atoms with Crippen LogP contribution in [0.15, 0.2) is 36.5 Å². The van der Waals surface area contributed by atoms with Gasteiger partial charge in [0.15, 0.2) is 0 Å². The number of benzene rings is 1. The number of hydrogen-bond acceptors (Lipinski definition) is 3. The molecule has 0 radical (unpaired) electrons. The summed E-state index contributed by atoms with van der Waals surface area (Å²) in [5, 5.41) is 1.84. The summed E-state index contributed by atoms with van der Waals surface area (Å²) in [6.45, 7) is 2.53. The first-order chi connectivity index (χ1) is 9.81. The smallest absolute Gasteiger partial charge is 0.338 e. The van der Waals surface area contributed by atoms with Crippen molar-refractivity contribution in [2.45, 2.75) is 19.8 Å². The number of aromatic nitrogens is 2. The van der Waals surface area contributed by atoms with Gasteiger partial charge in [-0.3, -0.25) is 0 Å². The molecule has 0 saturated carbocycles. The topological polar surface area (TPSA) is 55.0 Å². The molecule has 0 atom stereocenters. The van der Waals surface area contributed by atoms with Crippen LogP contribution in [0.1, 0.15) is 30.1 Å². The minimum Gasteiger partial charge on any atom is -0.462 e. The highest BCUT2D eigenvalue weighted by Gasteiger charge is 2.15. The summed E-state index contributed by atoms with van der Waals surface area (Å²) in [7, 11) is 0. The van der Waals surface area contributed by atoms with E-state index in [4.69, 9.17) is 4.74 Å². The Morgan fingerprint density at radius 3 is 3.05 bits per heavy atom. The van der Waals surface area contributed by atoms with E-state index in [0.29, 0.717) is 12.2 Å². The van der Waals surface area contributed by atoms with E-state index in [1.54, 1.807) is 12.3 Å². The number of carbonyl (C=O) groups is 1. The third-order valence-electron chi connectivity index (χ3n) is 3.35. The largest absolute Gasteiger partial charge is 0.462 e. The maximum atomic E-state index is 12.2. The van der Waals surface area contributed by atoms with Gasteiger partial charge >= 0.3 is 5.97 Å². The molecule has 0 unspecified atom stereocenters. The number of ether oxygens (including phenoxy) is 1. The molecule has 0 aliphatic carbocycles. The molecular formula is C16H16N2O2. The molecular weight excluding hydrogens is 252 g/mol. The van der Waals surface area contributed by atoms with E-state index < -0.39 is 0 Å². The van der Waals surface area contributed by atoms with Gasteiger partial charge in [0.25, 0.3) is 0 Å². The molecule has 0 amide bonds. The summed E-state index contributed by atoms with van der Waals surface area (Å²) in [6, 6.07) is 9.43. The van der Waals surface area contributed by atoms with Gasteiger partial charge in [0.2, 0.25) is 0 Å². The molecule has 0 aliphatic rings. The Kier molecular flexibility index (Phi) is 3.37. The van der Waals surface area contributed by atoms with Crippen LogP contribution in [-0.4, -0.2) is 22.5 Å². The van der Waals surface area contributed by atoms with E-state index in [1.807, 2.05) is 24.3 Å². The van der Waals surface area contributed by atoms with Crippen molar-refractivity contribution in [1.82, 2.24) is 9.97 Å². The average Bonchev–Trinajstić information content (AvgIpc) is 2.85. The van der Waals surface area contributed by atoms with Crippen LogP contribution in [0.5, 0.6) is 0 Å². The molecule has 0 bridgehead atoms. The Morgan fingerprint density at radius 2 is 2.20 bits per heavy atom. The quantitative estimate of drug-likeness (QED) is 0.580. The molecule has 2 heterocycles. The molecule has 0 fully saturated rings. The molecule has 102 valence electrons. The number of rotatable bonds is 4. The van der Waals surface area contributed by atoms with Gasteiger partial charge in [-0.1, -0.05) is 19.4 Å². The fraction of sp³-hybridized carbons (Fsp3) is 0.250. The van der Waals surface area contributed by atoms with Crippen LogP contribution in [0.3, 0.4) is 0 Å². The lowest BCUT2D eigenvalue weighted by Crippen LogP contribution is -2.06. The monoisotopic (exact) mass is 268 g/mol. The molecule has 4 heteroatoms. The molecule has 3 aromatic rings. The first-order valence-electron chi connectivity index (χ1n) is 6.84. The van der Waals surface area contributed by atoms with Gasteiger partial charge < -0.3 is 9.72 Å². The number of pyridine rings is 1. The van der Waals surface area contributed by atoms with Crippen LogP contribution < -0.4 is 0 Å². The number of hydrogen-bond donors (Lipinski definition) is 1. The van der Waals surface area contributed by atoms with E-state index in [1.165, 1.54) is 0 Å². The number of carbonyl (C=O) groups excluding carboxylic acids is 1. The van der Waals surface area contributed by atoms with Crippen molar-refractivity contribution < 1.29 is 9.53 Å². The number of unbranched alkanes of at least 4 members (excludes halogenated alkanes) is 1. The second kappa shape index (κ2) is 5.33. The van der Waals surface area contributed by atoms with Gasteiger partial charge in [-0.05, 0) is 30.7 Å². The van der Waals surface area contributed by atoms with E-state index >= 15 is 0 Å². The normalized spacial score (nSPS) is 11.1. The van der Waals surface area contributed by atoms with Crippen molar-refractivity contribution in [3.8, 4) is 0 Å². The van der Waals surface area contributed by atoms with Crippen molar-refractivity contribution in [3.63, 3.8) is 0 Å². The van der Waals surface area contributed by atoms with Crippen LogP contribution in [0.4, 0.5) is 0 Å². The Hall–Kier alpha value is -2.36. The Bertz CT molecular complexity index is 761. The first-order valence-corrected chi connectivity index (χ1v) is 6.84. The van der Waals surface area contributed by atoms with Crippen LogP contribution in [0.2, 0.25) is 0 Å². The fourth-order valence-electron chi connectivity index (χ4n) is 2.34. The number of H-pyrrole nitrogens is 1. The highest BCUT2D eigenvalue weighted by molar-refractivity contribution is 6.15. The Labute approximate surface area is 116 Å². The number of fused-ring (bicyclic) bond motifs is 3. The summed E-state index contributed by atoms with van der Waals surface area (Å²) >= 11 is 0. The molecule has 0 saturated heterocycles. The van der Waals surface area contributed by atoms with Gasteiger partial charge in [-0.15, -0.1) is 0 Å². The number of aromatic amines is 1. The van der Waals surface area contributed by atoms with Crippen molar-refractivity contribution in [1.29, 1.82) is 0 Å². The number of nitrogens with zero attached hydrogens (tertiary/aromatic N) is 1. The zero-order valence-corrected chi connectivity index (χ0v) is 11.3. The highest BCUT2D eigenvalue weighted by Crippen LogP contribution is 2.27. The lowest BCUT2D eigenvalue weighted by Gasteiger charge is -2.05. The Balaban J connectivity index is 2.08. The zero-order valence-electron chi connectivity index (χ0n) is 11.3. The van der Waals surface area contributed by atoms with E-state index in [-0.39, 0.29) is 5.97 Å². The summed E-state index contributed by atoms with van der Waals surface area (Å²) in [5.74, 6) is -0.270. The second-order valence-electron chi connectivity index (χ2n) is 4.74. The summed E-state index contributed by atoms with van der Waals surface area (Å²) in [4.78, 5) is 19.7. The second-order valence-corrected chi connectivity index (χ2v) is 4.74. The van der Waals surface area contributed by atoms with Gasteiger partial charge in [-0.25, -0.2) is 9.78 Å². The predicted molar refractivity (Wildman–Crippen MR) is 78.8 cm³/mol. The lowest BCUT2D eigenvalue weighted by atomic mass is 10.1. The van der Waals surface area contributed by atoms with Gasteiger partial charge in [0.1, 0.15) is 5.65 Å². The number of nitrogens with one attached hydrogen (secondary N) is 1. The Morgan fingerprint density at radius 1 is 1.30 bits per heavy atom. The summed E-state index contributed by atoms with van der Waals surface area (Å²) in [5.41, 5.74) is 2.29. The molecule has 20 heavy (non-hydrogen) atoms. The van der Waals surface area contributed by atoms with Gasteiger partial charge in [0.05, 0.1) is 12.2 Å². The molecule has 0 aliphatic heterocycles. The summed E-state index contributed by atoms with van der Waals surface area (Å²) < 4.78 is 5.32. The van der Waals surface area contributed by atoms with E-state index in [2.05, 4.69) is 16.9 Å². The van der Waals surface area contributed by atoms with Gasteiger partial charge in [-0.2, -0.15) is 0 Å². The van der Waals surface area contributed by atoms with Gasteiger partial charge in [0, 0.05) is 22.5 Å². The molecule has 1 aromatic carbocycles. The molecule has 0 spiro atoms. The first kappa shape index (κ1) is 12.7. The molecule has 3 rings (SSSR count). The third kappa shape index (κ3) is 2.13. The predicted octanol–water partition coefficient (Wildman–Crippen LogP) is 3.67. The molecule has 1 N–H and O–H groups in total. The minimum absolute atomic E-state index is 0.270. The highest BCUT2D eigenvalue weighted by atomic mass is 16.5. The fourth-order valence-corrected chi connectivity index (χ4v) is 2.34. The standard InChI is InChI=1S/C16H16N2O2/c1-2-3-10-20-16(19)12-6-4-8-13-14(12)11-7-5-9-17-15(11)18-13/h4-9H,2-3,10H2,1H3,(H,17,18). The van der Waals surface area contributed by atoms with E-state index in [9.17, 15) is 4.79 Å². The van der Waals surface area contributed by atoms with E-state index in [0.717, 1.165) is 34.8 Å². The minimum atomic E-state index is -0.270. The third-order valence-corrected chi connectivity index (χ3v) is 3.35. The molecule has 2 aromatic heterocycles. The maximum Gasteiger partial charge on any atom is 0.338 e. The van der Waals surface area contributed by atoms with Crippen molar-refractivity contribution in [2.24, 2.45) is 0 Å². The van der Waals surface area contributed by atoms with Crippen LogP contribution in [-0.2, 0) is 4.74 Å². The van der Waals surface area contributed by atoms with Crippen molar-refractivity contribution in [2.75, 3.05) is 6.61 Å². The molecule has 4 nitrogen and oxygen atoms in total. The zero-order chi connectivity index (χ0) is 13.9. The van der Waals surface area contributed by atoms with Crippen LogP contribution in [0, 0.1) is 0 Å². The lowest BCUT2D eigenvalue weighted by molar-refractivity contribution is 0.0502. The van der Waals surface area contributed by atoms with Crippen LogP contribution in [0.25, 0.3) is 21.9 Å². The average molecular weight is 268 g/mol. The maximum absolute atomic E-state index is 12.2. The summed E-state index contributed by atoms with van der Waals surface area (Å²) in [6.07, 6.45) is 3.63. The SMILES string of the molecule is CCCCOC(=O)c1cccc2[nH]c3ncccc3c12. The van der Waals surface area contributed by atoms with Crippen molar-refractivity contribution in [3.05, 3.63) is 42.1 Å². The van der Waals surface area contributed by atoms with Crippen LogP contribution >= 0.6 is 0 Å². The van der Waals surface area contributed by atoms with Crippen molar-refractivity contribution >= 4 is 27.9 Å².